The topological polar surface area (TPSA) is 72.0 Å². The Balaban J connectivity index is 2.28. The van der Waals surface area contributed by atoms with E-state index in [1.54, 1.807) is 0 Å². The second-order valence-corrected chi connectivity index (χ2v) is 5.87. The molecule has 0 aliphatic rings. The van der Waals surface area contributed by atoms with Crippen molar-refractivity contribution in [2.45, 2.75) is 5.75 Å². The molecule has 2 aromatic rings. The van der Waals surface area contributed by atoms with Crippen molar-refractivity contribution in [1.82, 2.24) is 9.97 Å². The van der Waals surface area contributed by atoms with Crippen molar-refractivity contribution in [3.63, 3.8) is 0 Å². The minimum absolute atomic E-state index is 0.0274. The SMILES string of the molecule is O=S(=O)(Cc1c(F)ccc(F)c1Cl)Nc1cnccn1. The second kappa shape index (κ2) is 5.68. The quantitative estimate of drug-likeness (QED) is 0.878. The third-order valence-electron chi connectivity index (χ3n) is 2.30. The predicted octanol–water partition coefficient (Wildman–Crippen LogP) is 2.35. The highest BCUT2D eigenvalue weighted by Gasteiger charge is 2.20. The molecule has 9 heteroatoms. The Morgan fingerprint density at radius 1 is 1.20 bits per heavy atom. The molecule has 20 heavy (non-hydrogen) atoms. The van der Waals surface area contributed by atoms with Crippen molar-refractivity contribution in [1.29, 1.82) is 0 Å². The highest BCUT2D eigenvalue weighted by atomic mass is 35.5. The van der Waals surface area contributed by atoms with Crippen LogP contribution < -0.4 is 4.72 Å². The summed E-state index contributed by atoms with van der Waals surface area (Å²) in [6.45, 7) is 0. The van der Waals surface area contributed by atoms with Gasteiger partial charge in [0, 0.05) is 18.0 Å². The van der Waals surface area contributed by atoms with Crippen molar-refractivity contribution >= 4 is 27.4 Å². The van der Waals surface area contributed by atoms with Gasteiger partial charge in [-0.2, -0.15) is 0 Å². The maximum Gasteiger partial charge on any atom is 0.238 e. The van der Waals surface area contributed by atoms with Crippen LogP contribution in [0.25, 0.3) is 0 Å². The molecule has 0 spiro atoms. The molecule has 1 N–H and O–H groups in total. The second-order valence-electron chi connectivity index (χ2n) is 3.77. The van der Waals surface area contributed by atoms with Gasteiger partial charge < -0.3 is 0 Å². The first-order valence-electron chi connectivity index (χ1n) is 5.28. The lowest BCUT2D eigenvalue weighted by Crippen LogP contribution is -2.17. The van der Waals surface area contributed by atoms with Crippen molar-refractivity contribution in [3.8, 4) is 0 Å². The van der Waals surface area contributed by atoms with E-state index >= 15 is 0 Å². The third kappa shape index (κ3) is 3.40. The first kappa shape index (κ1) is 14.6. The lowest BCUT2D eigenvalue weighted by molar-refractivity contribution is 0.581. The molecule has 0 saturated heterocycles. The van der Waals surface area contributed by atoms with Crippen LogP contribution in [0.5, 0.6) is 0 Å². The number of nitrogens with one attached hydrogen (secondary N) is 1. The minimum Gasteiger partial charge on any atom is -0.266 e. The Hall–Kier alpha value is -1.80. The summed E-state index contributed by atoms with van der Waals surface area (Å²) in [5, 5.41) is -0.561. The molecule has 0 aliphatic carbocycles. The number of benzene rings is 1. The zero-order chi connectivity index (χ0) is 14.8. The number of anilines is 1. The predicted molar refractivity (Wildman–Crippen MR) is 69.6 cm³/mol. The molecule has 0 aliphatic heterocycles. The molecule has 1 aromatic carbocycles. The van der Waals surface area contributed by atoms with Crippen LogP contribution in [0.15, 0.2) is 30.7 Å². The van der Waals surface area contributed by atoms with Gasteiger partial charge in [-0.15, -0.1) is 0 Å². The van der Waals surface area contributed by atoms with Crippen LogP contribution in [0.1, 0.15) is 5.56 Å². The molecular formula is C11H8ClF2N3O2S. The van der Waals surface area contributed by atoms with Gasteiger partial charge in [-0.1, -0.05) is 11.6 Å². The van der Waals surface area contributed by atoms with Gasteiger partial charge in [0.05, 0.1) is 17.0 Å². The van der Waals surface area contributed by atoms with Gasteiger partial charge in [0.25, 0.3) is 0 Å². The van der Waals surface area contributed by atoms with E-state index in [4.69, 9.17) is 11.6 Å². The van der Waals surface area contributed by atoms with Crippen molar-refractivity contribution < 1.29 is 17.2 Å². The highest BCUT2D eigenvalue weighted by Crippen LogP contribution is 2.25. The molecule has 0 radical (unpaired) electrons. The van der Waals surface area contributed by atoms with Gasteiger partial charge in [-0.3, -0.25) is 9.71 Å². The fourth-order valence-corrected chi connectivity index (χ4v) is 2.90. The average Bonchev–Trinajstić information content (AvgIpc) is 2.40. The molecule has 0 unspecified atom stereocenters. The van der Waals surface area contributed by atoms with E-state index in [0.717, 1.165) is 12.1 Å². The molecule has 106 valence electrons. The number of hydrogen-bond acceptors (Lipinski definition) is 4. The summed E-state index contributed by atoms with van der Waals surface area (Å²) in [6, 6.07) is 1.64. The summed E-state index contributed by atoms with van der Waals surface area (Å²) in [5.41, 5.74) is -0.442. The van der Waals surface area contributed by atoms with Crippen LogP contribution in [-0.4, -0.2) is 18.4 Å². The minimum atomic E-state index is -3.99. The number of nitrogens with zero attached hydrogens (tertiary/aromatic N) is 2. The lowest BCUT2D eigenvalue weighted by atomic mass is 10.2. The van der Waals surface area contributed by atoms with Crippen LogP contribution in [0, 0.1) is 11.6 Å². The van der Waals surface area contributed by atoms with Gasteiger partial charge >= 0.3 is 0 Å². The molecule has 0 bridgehead atoms. The van der Waals surface area contributed by atoms with Crippen molar-refractivity contribution in [3.05, 3.63) is 52.9 Å². The summed E-state index contributed by atoms with van der Waals surface area (Å²) in [4.78, 5) is 7.39. The lowest BCUT2D eigenvalue weighted by Gasteiger charge is -2.09. The van der Waals surface area contributed by atoms with Crippen LogP contribution in [-0.2, 0) is 15.8 Å². The van der Waals surface area contributed by atoms with E-state index in [1.807, 2.05) is 0 Å². The summed E-state index contributed by atoms with van der Waals surface area (Å²) >= 11 is 5.57. The van der Waals surface area contributed by atoms with Crippen molar-refractivity contribution in [2.24, 2.45) is 0 Å². The maximum absolute atomic E-state index is 13.5. The molecule has 0 fully saturated rings. The Bertz CT molecular complexity index is 726. The van der Waals surface area contributed by atoms with Gasteiger partial charge in [-0.05, 0) is 12.1 Å². The van der Waals surface area contributed by atoms with Gasteiger partial charge in [0.2, 0.25) is 10.0 Å². The smallest absolute Gasteiger partial charge is 0.238 e. The largest absolute Gasteiger partial charge is 0.266 e. The molecule has 0 atom stereocenters. The van der Waals surface area contributed by atoms with Gasteiger partial charge in [0.15, 0.2) is 5.82 Å². The number of hydrogen-bond donors (Lipinski definition) is 1. The van der Waals surface area contributed by atoms with E-state index < -0.39 is 38.0 Å². The standard InChI is InChI=1S/C11H8ClF2N3O2S/c12-11-7(8(13)1-2-9(11)14)6-20(18,19)17-10-5-15-3-4-16-10/h1-5H,6H2,(H,16,17). The molecule has 2 rings (SSSR count). The Kier molecular flexibility index (Phi) is 4.15. The zero-order valence-electron chi connectivity index (χ0n) is 9.85. The average molecular weight is 320 g/mol. The van der Waals surface area contributed by atoms with Gasteiger partial charge in [0.1, 0.15) is 11.6 Å². The summed E-state index contributed by atoms with van der Waals surface area (Å²) in [7, 11) is -3.99. The molecular weight excluding hydrogens is 312 g/mol. The Morgan fingerprint density at radius 3 is 2.55 bits per heavy atom. The van der Waals surface area contributed by atoms with E-state index in [0.29, 0.717) is 0 Å². The fraction of sp³-hybridized carbons (Fsp3) is 0.0909. The van der Waals surface area contributed by atoms with Crippen LogP contribution >= 0.6 is 11.6 Å². The summed E-state index contributed by atoms with van der Waals surface area (Å²) in [6.07, 6.45) is 3.83. The van der Waals surface area contributed by atoms with E-state index in [9.17, 15) is 17.2 Å². The monoisotopic (exact) mass is 319 g/mol. The highest BCUT2D eigenvalue weighted by molar-refractivity contribution is 7.91. The fourth-order valence-electron chi connectivity index (χ4n) is 1.44. The maximum atomic E-state index is 13.5. The Morgan fingerprint density at radius 2 is 1.90 bits per heavy atom. The Labute approximate surface area is 118 Å². The van der Waals surface area contributed by atoms with E-state index in [2.05, 4.69) is 14.7 Å². The molecule has 0 saturated carbocycles. The zero-order valence-corrected chi connectivity index (χ0v) is 11.4. The first-order valence-corrected chi connectivity index (χ1v) is 7.31. The molecule has 0 amide bonds. The number of aromatic nitrogens is 2. The summed E-state index contributed by atoms with van der Waals surface area (Å²) in [5.74, 6) is -2.63. The number of rotatable bonds is 4. The molecule has 5 nitrogen and oxygen atoms in total. The van der Waals surface area contributed by atoms with Crippen LogP contribution in [0.4, 0.5) is 14.6 Å². The number of halogens is 3. The first-order chi connectivity index (χ1) is 9.39. The summed E-state index contributed by atoms with van der Waals surface area (Å²) < 4.78 is 52.6. The van der Waals surface area contributed by atoms with Crippen LogP contribution in [0.2, 0.25) is 5.02 Å². The number of sulfonamides is 1. The third-order valence-corrected chi connectivity index (χ3v) is 3.89. The molecule has 1 aromatic heterocycles. The van der Waals surface area contributed by atoms with Crippen molar-refractivity contribution in [2.75, 3.05) is 4.72 Å². The van der Waals surface area contributed by atoms with E-state index in [1.165, 1.54) is 18.6 Å². The van der Waals surface area contributed by atoms with Crippen LogP contribution in [0.3, 0.4) is 0 Å². The van der Waals surface area contributed by atoms with E-state index in [-0.39, 0.29) is 5.82 Å². The normalized spacial score (nSPS) is 11.3. The molecule has 1 heterocycles. The van der Waals surface area contributed by atoms with Gasteiger partial charge in [-0.25, -0.2) is 22.2 Å².